The molecule has 1 aromatic carbocycles. The number of anilines is 1. The third-order valence-corrected chi connectivity index (χ3v) is 5.64. The lowest BCUT2D eigenvalue weighted by atomic mass is 10.1. The number of carbonyl (C=O) groups excluding carboxylic acids is 1. The van der Waals surface area contributed by atoms with E-state index in [0.29, 0.717) is 11.3 Å². The maximum Gasteiger partial charge on any atom is 0.408 e. The Bertz CT molecular complexity index is 1490. The molecule has 1 atom stereocenters. The van der Waals surface area contributed by atoms with Crippen LogP contribution in [0.5, 0.6) is 5.75 Å². The lowest BCUT2D eigenvalue weighted by Crippen LogP contribution is -2.25. The number of fused-ring (bicyclic) bond motifs is 1. The first-order chi connectivity index (χ1) is 17.0. The number of H-pyrrole nitrogens is 1. The molecule has 0 saturated heterocycles. The average Bonchev–Trinajstić information content (AvgIpc) is 3.26. The fourth-order valence-electron chi connectivity index (χ4n) is 3.73. The Morgan fingerprint density at radius 2 is 2.03 bits per heavy atom. The van der Waals surface area contributed by atoms with E-state index in [0.717, 1.165) is 17.6 Å². The molecule has 0 fully saturated rings. The molecule has 1 unspecified atom stereocenters. The van der Waals surface area contributed by atoms with Crippen molar-refractivity contribution in [3.8, 4) is 16.9 Å². The topological polar surface area (TPSA) is 128 Å². The first-order valence-electron chi connectivity index (χ1n) is 10.5. The Balaban J connectivity index is 1.63. The van der Waals surface area contributed by atoms with Crippen LogP contribution in [0.2, 0.25) is 0 Å². The summed E-state index contributed by atoms with van der Waals surface area (Å²) in [5, 5.41) is 8.46. The minimum Gasteiger partial charge on any atom is -0.496 e. The second kappa shape index (κ2) is 9.32. The number of ether oxygens (including phenoxy) is 1. The zero-order valence-electron chi connectivity index (χ0n) is 19.0. The van der Waals surface area contributed by atoms with Gasteiger partial charge >= 0.3 is 6.18 Å². The van der Waals surface area contributed by atoms with Gasteiger partial charge in [-0.05, 0) is 31.2 Å². The summed E-state index contributed by atoms with van der Waals surface area (Å²) in [4.78, 5) is 29.1. The minimum atomic E-state index is -4.61. The SMILES string of the molecule is COc1ccc(F)cc1C(=O)NCc1ccc(-c2cn(C(C)C(F)(F)F)c3c(=O)[nH]nc(N)c23)cn1. The van der Waals surface area contributed by atoms with Gasteiger partial charge in [0.1, 0.15) is 23.1 Å². The smallest absolute Gasteiger partial charge is 0.408 e. The van der Waals surface area contributed by atoms with Gasteiger partial charge in [-0.15, -0.1) is 0 Å². The van der Waals surface area contributed by atoms with Crippen LogP contribution in [-0.4, -0.2) is 38.9 Å². The maximum absolute atomic E-state index is 13.5. The monoisotopic (exact) mass is 504 g/mol. The van der Waals surface area contributed by atoms with Crippen molar-refractivity contribution in [1.82, 2.24) is 25.1 Å². The Morgan fingerprint density at radius 3 is 2.67 bits per heavy atom. The third kappa shape index (κ3) is 4.59. The van der Waals surface area contributed by atoms with Crippen LogP contribution in [0.25, 0.3) is 22.0 Å². The van der Waals surface area contributed by atoms with E-state index in [1.54, 1.807) is 12.1 Å². The Labute approximate surface area is 200 Å². The number of halogens is 4. The number of pyridine rings is 1. The van der Waals surface area contributed by atoms with Crippen LogP contribution in [0.15, 0.2) is 47.5 Å². The van der Waals surface area contributed by atoms with E-state index in [4.69, 9.17) is 10.5 Å². The number of aromatic nitrogens is 4. The van der Waals surface area contributed by atoms with Crippen molar-refractivity contribution in [3.63, 3.8) is 0 Å². The Hall–Kier alpha value is -4.42. The first kappa shape index (κ1) is 24.7. The van der Waals surface area contributed by atoms with Gasteiger partial charge in [-0.2, -0.15) is 18.3 Å². The number of nitrogen functional groups attached to an aromatic ring is 1. The van der Waals surface area contributed by atoms with Crippen LogP contribution >= 0.6 is 0 Å². The largest absolute Gasteiger partial charge is 0.496 e. The Kier molecular flexibility index (Phi) is 6.39. The highest BCUT2D eigenvalue weighted by Crippen LogP contribution is 2.38. The molecule has 13 heteroatoms. The van der Waals surface area contributed by atoms with E-state index in [1.807, 2.05) is 0 Å². The number of methoxy groups -OCH3 is 1. The number of nitrogens with zero attached hydrogens (tertiary/aromatic N) is 3. The van der Waals surface area contributed by atoms with E-state index >= 15 is 0 Å². The average molecular weight is 504 g/mol. The summed E-state index contributed by atoms with van der Waals surface area (Å²) in [6.45, 7) is 0.909. The lowest BCUT2D eigenvalue weighted by Gasteiger charge is -2.18. The molecule has 0 spiro atoms. The van der Waals surface area contributed by atoms with E-state index < -0.39 is 29.5 Å². The van der Waals surface area contributed by atoms with Gasteiger partial charge in [0.2, 0.25) is 0 Å². The van der Waals surface area contributed by atoms with Crippen molar-refractivity contribution in [2.75, 3.05) is 12.8 Å². The van der Waals surface area contributed by atoms with Crippen LogP contribution in [0.1, 0.15) is 29.0 Å². The number of nitrogens with two attached hydrogens (primary N) is 1. The number of benzene rings is 1. The molecule has 0 aliphatic heterocycles. The molecule has 0 aliphatic carbocycles. The molecule has 9 nitrogen and oxygen atoms in total. The molecule has 0 saturated carbocycles. The number of hydrogen-bond donors (Lipinski definition) is 3. The summed E-state index contributed by atoms with van der Waals surface area (Å²) >= 11 is 0. The van der Waals surface area contributed by atoms with Crippen LogP contribution in [0.4, 0.5) is 23.4 Å². The predicted molar refractivity (Wildman–Crippen MR) is 123 cm³/mol. The molecule has 188 valence electrons. The standard InChI is InChI=1S/C23H20F4N6O3/c1-11(23(25,26)27)33-10-16(18-19(33)22(35)32-31-20(18)28)12-3-5-14(29-8-12)9-30-21(34)15-7-13(24)4-6-17(15)36-2/h3-8,10-11H,9H2,1-2H3,(H2,28,31)(H,30,34)(H,32,35). The van der Waals surface area contributed by atoms with Gasteiger partial charge in [-0.1, -0.05) is 6.07 Å². The van der Waals surface area contributed by atoms with E-state index in [-0.39, 0.29) is 40.1 Å². The highest BCUT2D eigenvalue weighted by Gasteiger charge is 2.39. The van der Waals surface area contributed by atoms with Crippen molar-refractivity contribution in [3.05, 3.63) is 70.2 Å². The van der Waals surface area contributed by atoms with Crippen molar-refractivity contribution in [1.29, 1.82) is 0 Å². The van der Waals surface area contributed by atoms with Gasteiger partial charge in [-0.3, -0.25) is 14.6 Å². The van der Waals surface area contributed by atoms with E-state index in [1.165, 1.54) is 31.6 Å². The quantitative estimate of drug-likeness (QED) is 0.345. The number of aromatic amines is 1. The number of nitrogens with one attached hydrogen (secondary N) is 2. The fraction of sp³-hybridized carbons (Fsp3) is 0.217. The van der Waals surface area contributed by atoms with Crippen molar-refractivity contribution >= 4 is 22.6 Å². The molecule has 4 rings (SSSR count). The predicted octanol–water partition coefficient (Wildman–Crippen LogP) is 3.57. The summed E-state index contributed by atoms with van der Waals surface area (Å²) in [6.07, 6.45) is -2.05. The Morgan fingerprint density at radius 1 is 1.28 bits per heavy atom. The van der Waals surface area contributed by atoms with Crippen molar-refractivity contribution < 1.29 is 27.1 Å². The van der Waals surface area contributed by atoms with E-state index in [2.05, 4.69) is 20.5 Å². The molecule has 0 bridgehead atoms. The number of alkyl halides is 3. The fourth-order valence-corrected chi connectivity index (χ4v) is 3.73. The number of amides is 1. The second-order valence-electron chi connectivity index (χ2n) is 7.89. The molecule has 1 amide bonds. The maximum atomic E-state index is 13.5. The first-order valence-corrected chi connectivity index (χ1v) is 10.5. The van der Waals surface area contributed by atoms with Crippen LogP contribution < -0.4 is 21.3 Å². The number of rotatable bonds is 6. The molecule has 4 N–H and O–H groups in total. The van der Waals surface area contributed by atoms with Gasteiger partial charge in [0.05, 0.1) is 30.3 Å². The number of carbonyl (C=O) groups is 1. The van der Waals surface area contributed by atoms with Gasteiger partial charge in [-0.25, -0.2) is 9.49 Å². The molecule has 36 heavy (non-hydrogen) atoms. The summed E-state index contributed by atoms with van der Waals surface area (Å²) < 4.78 is 59.8. The third-order valence-electron chi connectivity index (χ3n) is 5.64. The summed E-state index contributed by atoms with van der Waals surface area (Å²) in [6, 6.07) is 4.65. The molecule has 0 radical (unpaired) electrons. The molecule has 4 aromatic rings. The summed E-state index contributed by atoms with van der Waals surface area (Å²) in [5.41, 5.74) is 5.87. The molecular weight excluding hydrogens is 484 g/mol. The van der Waals surface area contributed by atoms with Gasteiger partial charge in [0, 0.05) is 23.5 Å². The lowest BCUT2D eigenvalue weighted by molar-refractivity contribution is -0.162. The van der Waals surface area contributed by atoms with Gasteiger partial charge in [0.15, 0.2) is 5.82 Å². The van der Waals surface area contributed by atoms with Crippen molar-refractivity contribution in [2.45, 2.75) is 25.7 Å². The van der Waals surface area contributed by atoms with E-state index in [9.17, 15) is 27.2 Å². The summed E-state index contributed by atoms with van der Waals surface area (Å²) in [7, 11) is 1.35. The van der Waals surface area contributed by atoms with Gasteiger partial charge in [0.25, 0.3) is 11.5 Å². The van der Waals surface area contributed by atoms with Crippen LogP contribution in [-0.2, 0) is 6.54 Å². The molecule has 0 aliphatic rings. The summed E-state index contributed by atoms with van der Waals surface area (Å²) in [5.74, 6) is -1.13. The zero-order chi connectivity index (χ0) is 26.2. The minimum absolute atomic E-state index is 0.00825. The van der Waals surface area contributed by atoms with Gasteiger partial charge < -0.3 is 20.4 Å². The molecule has 3 aromatic heterocycles. The highest BCUT2D eigenvalue weighted by molar-refractivity contribution is 6.02. The van der Waals surface area contributed by atoms with Crippen LogP contribution in [0.3, 0.4) is 0 Å². The second-order valence-corrected chi connectivity index (χ2v) is 7.89. The van der Waals surface area contributed by atoms with Crippen molar-refractivity contribution in [2.24, 2.45) is 0 Å². The van der Waals surface area contributed by atoms with Crippen LogP contribution in [0, 0.1) is 5.82 Å². The zero-order valence-corrected chi connectivity index (χ0v) is 19.0. The normalized spacial score (nSPS) is 12.5. The molecule has 3 heterocycles. The number of hydrogen-bond acceptors (Lipinski definition) is 6. The highest BCUT2D eigenvalue weighted by atomic mass is 19.4. The molecular formula is C23H20F4N6O3.